The van der Waals surface area contributed by atoms with E-state index in [1.165, 1.54) is 41.7 Å². The molecule has 6 nitrogen and oxygen atoms in total. The Balaban J connectivity index is 1.99. The van der Waals surface area contributed by atoms with E-state index < -0.39 is 0 Å². The van der Waals surface area contributed by atoms with Crippen LogP contribution in [0.2, 0.25) is 0 Å². The van der Waals surface area contributed by atoms with Crippen LogP contribution >= 0.6 is 23.1 Å². The van der Waals surface area contributed by atoms with Crippen LogP contribution in [0, 0.1) is 0 Å². The summed E-state index contributed by atoms with van der Waals surface area (Å²) in [6, 6.07) is 0. The Kier molecular flexibility index (Phi) is 4.37. The van der Waals surface area contributed by atoms with E-state index in [9.17, 15) is 4.79 Å². The summed E-state index contributed by atoms with van der Waals surface area (Å²) in [5.74, 6) is 0.409. The van der Waals surface area contributed by atoms with Crippen LogP contribution in [0.3, 0.4) is 0 Å². The van der Waals surface area contributed by atoms with Gasteiger partial charge in [-0.15, -0.1) is 16.8 Å². The maximum absolute atomic E-state index is 11.7. The zero-order valence-electron chi connectivity index (χ0n) is 9.24. The van der Waals surface area contributed by atoms with Crippen LogP contribution in [0.4, 0.5) is 5.13 Å². The molecule has 92 valence electrons. The Bertz CT molecular complexity index is 542. The van der Waals surface area contributed by atoms with E-state index in [0.717, 1.165) is 10.1 Å². The first-order chi connectivity index (χ1) is 8.79. The van der Waals surface area contributed by atoms with Crippen LogP contribution < -0.4 is 5.32 Å². The van der Waals surface area contributed by atoms with Gasteiger partial charge in [-0.3, -0.25) is 15.1 Å². The molecular weight excluding hydrogens is 270 g/mol. The molecule has 0 saturated heterocycles. The zero-order chi connectivity index (χ0) is 12.8. The number of carbonyl (C=O) groups is 1. The third-order valence-electron chi connectivity index (χ3n) is 1.75. The minimum Gasteiger partial charge on any atom is -0.295 e. The number of hydrogen-bond donors (Lipinski definition) is 1. The monoisotopic (exact) mass is 279 g/mol. The van der Waals surface area contributed by atoms with Crippen molar-refractivity contribution in [1.29, 1.82) is 0 Å². The minimum absolute atomic E-state index is 0.244. The number of hydrogen-bond acceptors (Lipinski definition) is 7. The van der Waals surface area contributed by atoms with Crippen LogP contribution in [0.1, 0.15) is 10.5 Å². The summed E-state index contributed by atoms with van der Waals surface area (Å²) >= 11 is 2.82. The molecule has 0 aliphatic carbocycles. The molecule has 2 heterocycles. The normalized spacial score (nSPS) is 10.0. The van der Waals surface area contributed by atoms with E-state index in [4.69, 9.17) is 0 Å². The molecule has 2 rings (SSSR count). The van der Waals surface area contributed by atoms with Gasteiger partial charge in [-0.2, -0.15) is 0 Å². The number of nitrogens with zero attached hydrogens (tertiary/aromatic N) is 4. The maximum Gasteiger partial charge on any atom is 0.277 e. The number of thioether (sulfide) groups is 1. The number of aromatic nitrogens is 4. The van der Waals surface area contributed by atoms with Crippen molar-refractivity contribution >= 4 is 34.1 Å². The van der Waals surface area contributed by atoms with Gasteiger partial charge in [-0.1, -0.05) is 29.2 Å². The molecule has 2 aromatic rings. The Morgan fingerprint density at radius 2 is 2.39 bits per heavy atom. The maximum atomic E-state index is 11.7. The molecule has 0 aliphatic rings. The van der Waals surface area contributed by atoms with Gasteiger partial charge in [0.25, 0.3) is 5.91 Å². The van der Waals surface area contributed by atoms with Crippen molar-refractivity contribution in [2.45, 2.75) is 4.34 Å². The predicted octanol–water partition coefficient (Wildman–Crippen LogP) is 1.86. The van der Waals surface area contributed by atoms with Gasteiger partial charge in [0.2, 0.25) is 5.13 Å². The van der Waals surface area contributed by atoms with E-state index in [1.54, 1.807) is 6.08 Å². The number of carbonyl (C=O) groups excluding carboxylic acids is 1. The number of nitrogens with one attached hydrogen (secondary N) is 1. The fourth-order valence-corrected chi connectivity index (χ4v) is 2.53. The van der Waals surface area contributed by atoms with Crippen LogP contribution in [0.15, 0.2) is 35.6 Å². The molecule has 0 radical (unpaired) electrons. The van der Waals surface area contributed by atoms with E-state index in [-0.39, 0.29) is 11.6 Å². The standard InChI is InChI=1S/C10H9N5OS2/c1-2-5-17-10-15-14-9(18-10)13-8(16)7-6-11-3-4-12-7/h2-4,6H,1,5H2,(H,13,14,16). The van der Waals surface area contributed by atoms with E-state index in [0.29, 0.717) is 5.13 Å². The topological polar surface area (TPSA) is 80.7 Å². The Morgan fingerprint density at radius 3 is 3.11 bits per heavy atom. The SMILES string of the molecule is C=CCSc1nnc(NC(=O)c2cnccn2)s1. The van der Waals surface area contributed by atoms with Gasteiger partial charge in [-0.25, -0.2) is 4.98 Å². The fourth-order valence-electron chi connectivity index (χ4n) is 1.03. The highest BCUT2D eigenvalue weighted by Crippen LogP contribution is 2.25. The molecule has 0 saturated carbocycles. The van der Waals surface area contributed by atoms with Crippen molar-refractivity contribution in [1.82, 2.24) is 20.2 Å². The number of anilines is 1. The molecule has 0 bridgehead atoms. The summed E-state index contributed by atoms with van der Waals surface area (Å²) in [6.07, 6.45) is 6.14. The Hall–Kier alpha value is -1.80. The lowest BCUT2D eigenvalue weighted by Crippen LogP contribution is -2.13. The van der Waals surface area contributed by atoms with Crippen molar-refractivity contribution in [3.63, 3.8) is 0 Å². The summed E-state index contributed by atoms with van der Waals surface area (Å²) < 4.78 is 0.782. The van der Waals surface area contributed by atoms with Gasteiger partial charge in [-0.05, 0) is 0 Å². The van der Waals surface area contributed by atoms with Gasteiger partial charge in [0, 0.05) is 18.1 Å². The second-order valence-electron chi connectivity index (χ2n) is 3.02. The first-order valence-corrected chi connectivity index (χ1v) is 6.74. The van der Waals surface area contributed by atoms with Crippen LogP contribution in [-0.4, -0.2) is 31.8 Å². The molecular formula is C10H9N5OS2. The smallest absolute Gasteiger partial charge is 0.277 e. The lowest BCUT2D eigenvalue weighted by molar-refractivity contribution is 0.102. The van der Waals surface area contributed by atoms with E-state index in [2.05, 4.69) is 32.1 Å². The van der Waals surface area contributed by atoms with Gasteiger partial charge >= 0.3 is 0 Å². The van der Waals surface area contributed by atoms with Crippen molar-refractivity contribution < 1.29 is 4.79 Å². The number of amides is 1. The molecule has 0 unspecified atom stereocenters. The third kappa shape index (κ3) is 3.34. The molecule has 8 heteroatoms. The average Bonchev–Trinajstić information content (AvgIpc) is 2.85. The Labute approximate surface area is 112 Å². The summed E-state index contributed by atoms with van der Waals surface area (Å²) in [4.78, 5) is 19.5. The van der Waals surface area contributed by atoms with Gasteiger partial charge < -0.3 is 0 Å². The van der Waals surface area contributed by atoms with Gasteiger partial charge in [0.05, 0.1) is 6.20 Å². The molecule has 0 atom stereocenters. The summed E-state index contributed by atoms with van der Waals surface area (Å²) in [5.41, 5.74) is 0.244. The van der Waals surface area contributed by atoms with E-state index in [1.807, 2.05) is 0 Å². The van der Waals surface area contributed by atoms with Crippen molar-refractivity contribution in [2.24, 2.45) is 0 Å². The highest BCUT2D eigenvalue weighted by atomic mass is 32.2. The molecule has 18 heavy (non-hydrogen) atoms. The number of rotatable bonds is 5. The zero-order valence-corrected chi connectivity index (χ0v) is 10.9. The first kappa shape index (κ1) is 12.7. The van der Waals surface area contributed by atoms with Crippen molar-refractivity contribution in [2.75, 3.05) is 11.1 Å². The predicted molar refractivity (Wildman–Crippen MR) is 70.8 cm³/mol. The summed E-state index contributed by atoms with van der Waals surface area (Å²) in [7, 11) is 0. The van der Waals surface area contributed by atoms with Crippen LogP contribution in [-0.2, 0) is 0 Å². The second-order valence-corrected chi connectivity index (χ2v) is 5.26. The largest absolute Gasteiger partial charge is 0.295 e. The minimum atomic E-state index is -0.348. The lowest BCUT2D eigenvalue weighted by atomic mass is 10.4. The highest BCUT2D eigenvalue weighted by molar-refractivity contribution is 8.01. The molecule has 0 aromatic carbocycles. The van der Waals surface area contributed by atoms with Crippen molar-refractivity contribution in [3.8, 4) is 0 Å². The van der Waals surface area contributed by atoms with Crippen molar-refractivity contribution in [3.05, 3.63) is 36.9 Å². The molecule has 0 spiro atoms. The Morgan fingerprint density at radius 1 is 1.50 bits per heavy atom. The van der Waals surface area contributed by atoms with E-state index >= 15 is 0 Å². The average molecular weight is 279 g/mol. The first-order valence-electron chi connectivity index (χ1n) is 4.94. The molecule has 0 fully saturated rings. The van der Waals surface area contributed by atoms with Crippen LogP contribution in [0.25, 0.3) is 0 Å². The molecule has 1 N–H and O–H groups in total. The van der Waals surface area contributed by atoms with Gasteiger partial charge in [0.15, 0.2) is 4.34 Å². The molecule has 1 amide bonds. The quantitative estimate of drug-likeness (QED) is 0.511. The lowest BCUT2D eigenvalue weighted by Gasteiger charge is -1.98. The summed E-state index contributed by atoms with van der Waals surface area (Å²) in [6.45, 7) is 3.62. The summed E-state index contributed by atoms with van der Waals surface area (Å²) in [5, 5.41) is 10.9. The highest BCUT2D eigenvalue weighted by Gasteiger charge is 2.11. The second kappa shape index (κ2) is 6.22. The molecule has 2 aromatic heterocycles. The van der Waals surface area contributed by atoms with Crippen LogP contribution in [0.5, 0.6) is 0 Å². The fraction of sp³-hybridized carbons (Fsp3) is 0.100. The van der Waals surface area contributed by atoms with Gasteiger partial charge in [0.1, 0.15) is 5.69 Å². The molecule has 0 aliphatic heterocycles. The third-order valence-corrected chi connectivity index (χ3v) is 3.72.